The van der Waals surface area contributed by atoms with Crippen molar-refractivity contribution in [2.24, 2.45) is 0 Å². The Balaban J connectivity index is 0.00000180. The zero-order valence-corrected chi connectivity index (χ0v) is 12.2. The van der Waals surface area contributed by atoms with E-state index in [1.807, 2.05) is 4.90 Å². The maximum atomic E-state index is 13.3. The van der Waals surface area contributed by atoms with Crippen molar-refractivity contribution in [1.29, 1.82) is 0 Å². The third-order valence-corrected chi connectivity index (χ3v) is 3.20. The average Bonchev–Trinajstić information content (AvgIpc) is 2.41. The molecule has 1 aromatic carbocycles. The minimum Gasteiger partial charge on any atom is -0.505 e. The molecule has 0 saturated carbocycles. The Morgan fingerprint density at radius 1 is 1.20 bits per heavy atom. The number of piperazine rings is 1. The topological polar surface area (TPSA) is 35.5 Å². The minimum atomic E-state index is -1.32. The van der Waals surface area contributed by atoms with E-state index in [1.165, 1.54) is 6.07 Å². The number of benzene rings is 1. The van der Waals surface area contributed by atoms with Gasteiger partial charge in [0.05, 0.1) is 6.04 Å². The van der Waals surface area contributed by atoms with Gasteiger partial charge in [-0.15, -0.1) is 24.8 Å². The van der Waals surface area contributed by atoms with E-state index < -0.39 is 30.1 Å². The molecule has 1 aromatic rings. The molecule has 0 unspecified atom stereocenters. The van der Waals surface area contributed by atoms with Crippen molar-refractivity contribution in [3.05, 3.63) is 29.3 Å². The number of rotatable bonds is 3. The number of phenols is 1. The average molecular weight is 333 g/mol. The van der Waals surface area contributed by atoms with Gasteiger partial charge in [-0.1, -0.05) is 6.07 Å². The Morgan fingerprint density at radius 3 is 2.35 bits per heavy atom. The van der Waals surface area contributed by atoms with E-state index in [0.29, 0.717) is 26.2 Å². The summed E-state index contributed by atoms with van der Waals surface area (Å²) in [6, 6.07) is 1.41. The lowest BCUT2D eigenvalue weighted by atomic mass is 10.0. The summed E-state index contributed by atoms with van der Waals surface area (Å²) in [4.78, 5) is 1.81. The number of hydrogen-bond donors (Lipinski definition) is 2. The number of hydrogen-bond acceptors (Lipinski definition) is 3. The fraction of sp³-hybridized carbons (Fsp3) is 0.500. The monoisotopic (exact) mass is 332 g/mol. The Morgan fingerprint density at radius 2 is 1.80 bits per heavy atom. The molecule has 1 heterocycles. The lowest BCUT2D eigenvalue weighted by Gasteiger charge is -2.33. The van der Waals surface area contributed by atoms with Crippen LogP contribution in [-0.4, -0.2) is 42.9 Å². The quantitative estimate of drug-likeness (QED) is 0.892. The van der Waals surface area contributed by atoms with Gasteiger partial charge < -0.3 is 10.4 Å². The first-order chi connectivity index (χ1) is 8.65. The molecule has 0 bridgehead atoms. The molecule has 1 aliphatic heterocycles. The van der Waals surface area contributed by atoms with Crippen LogP contribution in [0, 0.1) is 11.6 Å². The van der Waals surface area contributed by atoms with Crippen molar-refractivity contribution in [2.75, 3.05) is 32.9 Å². The molecule has 0 aliphatic carbocycles. The molecule has 116 valence electrons. The smallest absolute Gasteiger partial charge is 0.200 e. The second-order valence-corrected chi connectivity index (χ2v) is 4.26. The number of alkyl halides is 1. The second kappa shape index (κ2) is 8.56. The van der Waals surface area contributed by atoms with Crippen molar-refractivity contribution >= 4 is 24.8 Å². The number of halogens is 5. The van der Waals surface area contributed by atoms with Crippen LogP contribution in [0.15, 0.2) is 12.1 Å². The molecular weight excluding hydrogens is 316 g/mol. The lowest BCUT2D eigenvalue weighted by molar-refractivity contribution is 0.144. The van der Waals surface area contributed by atoms with Crippen LogP contribution in [0.2, 0.25) is 0 Å². The molecule has 8 heteroatoms. The molecule has 2 N–H and O–H groups in total. The van der Waals surface area contributed by atoms with Gasteiger partial charge in [-0.25, -0.2) is 8.78 Å². The highest BCUT2D eigenvalue weighted by Crippen LogP contribution is 2.32. The van der Waals surface area contributed by atoms with Gasteiger partial charge in [-0.3, -0.25) is 4.90 Å². The zero-order chi connectivity index (χ0) is 13.1. The Bertz CT molecular complexity index is 431. The lowest BCUT2D eigenvalue weighted by Crippen LogP contribution is -2.45. The SMILES string of the molecule is Cl.Cl.Oc1c([C@@H](CF)N2CCNCC2)ccc(F)c1F. The normalized spacial score (nSPS) is 16.9. The number of phenolic OH excluding ortho intramolecular Hbond substituents is 1. The van der Waals surface area contributed by atoms with E-state index in [9.17, 15) is 18.3 Å². The van der Waals surface area contributed by atoms with Crippen LogP contribution in [-0.2, 0) is 0 Å². The highest BCUT2D eigenvalue weighted by Gasteiger charge is 2.26. The summed E-state index contributed by atoms with van der Waals surface area (Å²) in [5, 5.41) is 12.7. The van der Waals surface area contributed by atoms with Gasteiger partial charge in [0.25, 0.3) is 0 Å². The van der Waals surface area contributed by atoms with Crippen molar-refractivity contribution in [2.45, 2.75) is 6.04 Å². The van der Waals surface area contributed by atoms with Crippen LogP contribution in [0.4, 0.5) is 13.2 Å². The van der Waals surface area contributed by atoms with Crippen molar-refractivity contribution in [3.63, 3.8) is 0 Å². The Hall–Kier alpha value is -0.690. The predicted molar refractivity (Wildman–Crippen MR) is 75.7 cm³/mol. The molecule has 2 rings (SSSR count). The Labute approximate surface area is 128 Å². The summed E-state index contributed by atoms with van der Waals surface area (Å²) in [6.45, 7) is 1.88. The van der Waals surface area contributed by atoms with Gasteiger partial charge in [-0.05, 0) is 6.07 Å². The molecule has 0 radical (unpaired) electrons. The van der Waals surface area contributed by atoms with Gasteiger partial charge >= 0.3 is 0 Å². The summed E-state index contributed by atoms with van der Waals surface area (Å²) in [5.41, 5.74) is 0.0956. The number of nitrogens with zero attached hydrogens (tertiary/aromatic N) is 1. The van der Waals surface area contributed by atoms with E-state index in [0.717, 1.165) is 6.07 Å². The molecule has 0 amide bonds. The van der Waals surface area contributed by atoms with Crippen LogP contribution < -0.4 is 5.32 Å². The fourth-order valence-corrected chi connectivity index (χ4v) is 2.19. The van der Waals surface area contributed by atoms with E-state index in [1.54, 1.807) is 0 Å². The van der Waals surface area contributed by atoms with Crippen LogP contribution in [0.1, 0.15) is 11.6 Å². The molecular formula is C12H17Cl2F3N2O. The maximum absolute atomic E-state index is 13.3. The first-order valence-corrected chi connectivity index (χ1v) is 5.82. The van der Waals surface area contributed by atoms with E-state index in [-0.39, 0.29) is 30.4 Å². The van der Waals surface area contributed by atoms with Crippen LogP contribution >= 0.6 is 24.8 Å². The predicted octanol–water partition coefficient (Wildman–Crippen LogP) is 2.43. The largest absolute Gasteiger partial charge is 0.505 e. The van der Waals surface area contributed by atoms with E-state index >= 15 is 0 Å². The molecule has 1 saturated heterocycles. The molecule has 0 spiro atoms. The van der Waals surface area contributed by atoms with Crippen LogP contribution in [0.3, 0.4) is 0 Å². The molecule has 1 fully saturated rings. The summed E-state index contributed by atoms with van der Waals surface area (Å²) in [6.07, 6.45) is 0. The maximum Gasteiger partial charge on any atom is 0.200 e. The zero-order valence-electron chi connectivity index (χ0n) is 10.6. The number of nitrogens with one attached hydrogen (secondary N) is 1. The van der Waals surface area contributed by atoms with Crippen LogP contribution in [0.5, 0.6) is 5.75 Å². The van der Waals surface area contributed by atoms with Crippen LogP contribution in [0.25, 0.3) is 0 Å². The van der Waals surface area contributed by atoms with Gasteiger partial charge in [0.2, 0.25) is 5.82 Å². The van der Waals surface area contributed by atoms with Crippen molar-refractivity contribution < 1.29 is 18.3 Å². The van der Waals surface area contributed by atoms with Gasteiger partial charge in [0.15, 0.2) is 11.6 Å². The van der Waals surface area contributed by atoms with Gasteiger partial charge in [0.1, 0.15) is 6.67 Å². The second-order valence-electron chi connectivity index (χ2n) is 4.26. The third-order valence-electron chi connectivity index (χ3n) is 3.20. The van der Waals surface area contributed by atoms with Crippen molar-refractivity contribution in [1.82, 2.24) is 10.2 Å². The Kier molecular flexibility index (Phi) is 8.27. The van der Waals surface area contributed by atoms with Crippen molar-refractivity contribution in [3.8, 4) is 5.75 Å². The molecule has 1 aliphatic rings. The summed E-state index contributed by atoms with van der Waals surface area (Å²) in [7, 11) is 0. The summed E-state index contributed by atoms with van der Waals surface area (Å²) in [5.74, 6) is -3.24. The number of aromatic hydroxyl groups is 1. The van der Waals surface area contributed by atoms with E-state index in [2.05, 4.69) is 5.32 Å². The first-order valence-electron chi connectivity index (χ1n) is 5.82. The minimum absolute atomic E-state index is 0. The summed E-state index contributed by atoms with van der Waals surface area (Å²) >= 11 is 0. The fourth-order valence-electron chi connectivity index (χ4n) is 2.19. The summed E-state index contributed by atoms with van der Waals surface area (Å²) < 4.78 is 39.3. The molecule has 3 nitrogen and oxygen atoms in total. The van der Waals surface area contributed by atoms with E-state index in [4.69, 9.17) is 0 Å². The van der Waals surface area contributed by atoms with Gasteiger partial charge in [-0.2, -0.15) is 4.39 Å². The molecule has 1 atom stereocenters. The highest BCUT2D eigenvalue weighted by atomic mass is 35.5. The molecule has 0 aromatic heterocycles. The third kappa shape index (κ3) is 3.91. The standard InChI is InChI=1S/C12H15F3N2O.2ClH/c13-7-10(17-5-3-16-4-6-17)8-1-2-9(14)11(15)12(8)18;;/h1-2,10,16,18H,3-7H2;2*1H/t10-;;/m1../s1. The highest BCUT2D eigenvalue weighted by molar-refractivity contribution is 5.85. The van der Waals surface area contributed by atoms with Gasteiger partial charge in [0, 0.05) is 31.7 Å². The molecule has 20 heavy (non-hydrogen) atoms. The first kappa shape index (κ1) is 19.3.